The summed E-state index contributed by atoms with van der Waals surface area (Å²) in [5, 5.41) is 11.0. The maximum absolute atomic E-state index is 11.0. The average Bonchev–Trinajstić information content (AvgIpc) is 2.47. The Morgan fingerprint density at radius 2 is 2.05 bits per heavy atom. The Morgan fingerprint density at radius 1 is 1.25 bits per heavy atom. The number of nitro groups is 1. The molecule has 1 aromatic rings. The third-order valence-electron chi connectivity index (χ3n) is 2.91. The molecule has 0 aromatic heterocycles. The highest BCUT2D eigenvalue weighted by molar-refractivity contribution is 5.51. The van der Waals surface area contributed by atoms with Crippen LogP contribution in [-0.2, 0) is 4.74 Å². The lowest BCUT2D eigenvalue weighted by Crippen LogP contribution is -2.05. The van der Waals surface area contributed by atoms with Crippen molar-refractivity contribution < 1.29 is 19.1 Å². The summed E-state index contributed by atoms with van der Waals surface area (Å²) in [6.45, 7) is 0. The van der Waals surface area contributed by atoms with Crippen molar-refractivity contribution in [2.45, 2.75) is 12.8 Å². The molecule has 0 amide bonds. The molecule has 1 aliphatic rings. The summed E-state index contributed by atoms with van der Waals surface area (Å²) in [6.07, 6.45) is 5.26. The Hall–Kier alpha value is -2.50. The molecule has 0 radical (unpaired) electrons. The first kappa shape index (κ1) is 13.9. The first-order valence-electron chi connectivity index (χ1n) is 6.09. The first-order chi connectivity index (χ1) is 9.65. The standard InChI is InChI=1S/C14H15NO5/c1-18-10-7-8-11(15(16)17)14(9-10)20-13-6-4-3-5-12(13)19-2/h4,6-9H,3,5H2,1-2H3. The zero-order chi connectivity index (χ0) is 14.5. The lowest BCUT2D eigenvalue weighted by atomic mass is 10.1. The summed E-state index contributed by atoms with van der Waals surface area (Å²) < 4.78 is 15.9. The third kappa shape index (κ3) is 2.90. The molecule has 106 valence electrons. The molecule has 0 bridgehead atoms. The Kier molecular flexibility index (Phi) is 4.24. The van der Waals surface area contributed by atoms with Crippen LogP contribution in [0.25, 0.3) is 0 Å². The van der Waals surface area contributed by atoms with E-state index in [1.165, 1.54) is 25.3 Å². The lowest BCUT2D eigenvalue weighted by Gasteiger charge is -2.15. The van der Waals surface area contributed by atoms with Crippen LogP contribution in [-0.4, -0.2) is 19.1 Å². The Bertz CT molecular complexity index is 577. The van der Waals surface area contributed by atoms with Crippen LogP contribution in [0.4, 0.5) is 5.69 Å². The maximum atomic E-state index is 11.0. The van der Waals surface area contributed by atoms with Crippen molar-refractivity contribution in [2.24, 2.45) is 0 Å². The van der Waals surface area contributed by atoms with Gasteiger partial charge in [-0.2, -0.15) is 0 Å². The number of benzene rings is 1. The molecular formula is C14H15NO5. The van der Waals surface area contributed by atoms with Gasteiger partial charge in [0.25, 0.3) is 0 Å². The SMILES string of the molecule is COC1=C(Oc2cc(OC)ccc2[N+](=O)[O-])C=CCC1. The number of ether oxygens (including phenoxy) is 3. The van der Waals surface area contributed by atoms with Crippen molar-refractivity contribution in [2.75, 3.05) is 14.2 Å². The van der Waals surface area contributed by atoms with E-state index in [0.29, 0.717) is 23.7 Å². The van der Waals surface area contributed by atoms with Gasteiger partial charge in [-0.05, 0) is 18.6 Å². The highest BCUT2D eigenvalue weighted by atomic mass is 16.6. The molecular weight excluding hydrogens is 262 g/mol. The first-order valence-corrected chi connectivity index (χ1v) is 6.09. The van der Waals surface area contributed by atoms with Crippen LogP contribution in [0.2, 0.25) is 0 Å². The van der Waals surface area contributed by atoms with E-state index in [0.717, 1.165) is 6.42 Å². The van der Waals surface area contributed by atoms with Crippen molar-refractivity contribution in [3.63, 3.8) is 0 Å². The van der Waals surface area contributed by atoms with Crippen LogP contribution in [0.1, 0.15) is 12.8 Å². The van der Waals surface area contributed by atoms with Gasteiger partial charge < -0.3 is 14.2 Å². The minimum atomic E-state index is -0.492. The van der Waals surface area contributed by atoms with Gasteiger partial charge in [0, 0.05) is 18.6 Å². The molecule has 0 saturated carbocycles. The summed E-state index contributed by atoms with van der Waals surface area (Å²) in [7, 11) is 3.04. The van der Waals surface area contributed by atoms with Crippen molar-refractivity contribution >= 4 is 5.69 Å². The minimum Gasteiger partial charge on any atom is -0.497 e. The maximum Gasteiger partial charge on any atom is 0.311 e. The van der Waals surface area contributed by atoms with E-state index in [1.807, 2.05) is 6.08 Å². The molecule has 0 fully saturated rings. The van der Waals surface area contributed by atoms with Crippen LogP contribution in [0.15, 0.2) is 41.9 Å². The van der Waals surface area contributed by atoms with Crippen LogP contribution in [0.5, 0.6) is 11.5 Å². The highest BCUT2D eigenvalue weighted by Gasteiger charge is 2.19. The summed E-state index contributed by atoms with van der Waals surface area (Å²) >= 11 is 0. The number of rotatable bonds is 5. The van der Waals surface area contributed by atoms with Crippen LogP contribution < -0.4 is 9.47 Å². The largest absolute Gasteiger partial charge is 0.497 e. The fourth-order valence-corrected chi connectivity index (χ4v) is 1.89. The fourth-order valence-electron chi connectivity index (χ4n) is 1.89. The second kappa shape index (κ2) is 6.10. The molecule has 0 N–H and O–H groups in total. The summed E-state index contributed by atoms with van der Waals surface area (Å²) in [4.78, 5) is 10.5. The van der Waals surface area contributed by atoms with Gasteiger partial charge >= 0.3 is 5.69 Å². The molecule has 1 aromatic carbocycles. The van der Waals surface area contributed by atoms with Gasteiger partial charge in [-0.1, -0.05) is 6.08 Å². The van der Waals surface area contributed by atoms with Gasteiger partial charge in [-0.3, -0.25) is 10.1 Å². The van der Waals surface area contributed by atoms with Crippen LogP contribution in [0, 0.1) is 10.1 Å². The quantitative estimate of drug-likeness (QED) is 0.610. The summed E-state index contributed by atoms with van der Waals surface area (Å²) in [6, 6.07) is 4.36. The third-order valence-corrected chi connectivity index (χ3v) is 2.91. The van der Waals surface area contributed by atoms with Crippen molar-refractivity contribution in [3.8, 4) is 11.5 Å². The van der Waals surface area contributed by atoms with Gasteiger partial charge in [-0.25, -0.2) is 0 Å². The van der Waals surface area contributed by atoms with E-state index in [1.54, 1.807) is 13.2 Å². The van der Waals surface area contributed by atoms with Crippen LogP contribution >= 0.6 is 0 Å². The van der Waals surface area contributed by atoms with Crippen molar-refractivity contribution in [3.05, 3.63) is 52.0 Å². The van der Waals surface area contributed by atoms with Gasteiger partial charge in [0.2, 0.25) is 5.75 Å². The number of hydrogen-bond donors (Lipinski definition) is 0. The zero-order valence-electron chi connectivity index (χ0n) is 11.3. The molecule has 0 spiro atoms. The van der Waals surface area contributed by atoms with Crippen molar-refractivity contribution in [1.82, 2.24) is 0 Å². The molecule has 1 aliphatic carbocycles. The average molecular weight is 277 g/mol. The molecule has 0 aliphatic heterocycles. The lowest BCUT2D eigenvalue weighted by molar-refractivity contribution is -0.385. The van der Waals surface area contributed by atoms with Gasteiger partial charge in [0.1, 0.15) is 11.5 Å². The number of nitro benzene ring substituents is 1. The van der Waals surface area contributed by atoms with E-state index in [9.17, 15) is 10.1 Å². The predicted molar refractivity (Wildman–Crippen MR) is 72.7 cm³/mol. The molecule has 0 heterocycles. The number of allylic oxidation sites excluding steroid dienone is 3. The molecule has 0 atom stereocenters. The van der Waals surface area contributed by atoms with Crippen LogP contribution in [0.3, 0.4) is 0 Å². The highest BCUT2D eigenvalue weighted by Crippen LogP contribution is 2.34. The second-order valence-electron chi connectivity index (χ2n) is 4.13. The normalized spacial score (nSPS) is 14.1. The molecule has 0 unspecified atom stereocenters. The summed E-state index contributed by atoms with van der Waals surface area (Å²) in [5.74, 6) is 1.77. The molecule has 6 nitrogen and oxygen atoms in total. The van der Waals surface area contributed by atoms with E-state index in [4.69, 9.17) is 14.2 Å². The minimum absolute atomic E-state index is 0.118. The number of methoxy groups -OCH3 is 2. The number of nitrogens with zero attached hydrogens (tertiary/aromatic N) is 1. The summed E-state index contributed by atoms with van der Waals surface area (Å²) in [5.41, 5.74) is -0.118. The Morgan fingerprint density at radius 3 is 2.70 bits per heavy atom. The van der Waals surface area contributed by atoms with E-state index in [2.05, 4.69) is 0 Å². The van der Waals surface area contributed by atoms with Crippen molar-refractivity contribution in [1.29, 1.82) is 0 Å². The van der Waals surface area contributed by atoms with E-state index < -0.39 is 4.92 Å². The van der Waals surface area contributed by atoms with E-state index >= 15 is 0 Å². The van der Waals surface area contributed by atoms with E-state index in [-0.39, 0.29) is 11.4 Å². The van der Waals surface area contributed by atoms with Gasteiger partial charge in [-0.15, -0.1) is 0 Å². The monoisotopic (exact) mass is 277 g/mol. The van der Waals surface area contributed by atoms with Gasteiger partial charge in [0.05, 0.1) is 19.1 Å². The second-order valence-corrected chi connectivity index (χ2v) is 4.13. The van der Waals surface area contributed by atoms with Gasteiger partial charge in [0.15, 0.2) is 5.76 Å². The Labute approximate surface area is 116 Å². The molecule has 0 saturated heterocycles. The smallest absolute Gasteiger partial charge is 0.311 e. The zero-order valence-corrected chi connectivity index (χ0v) is 11.3. The fraction of sp³-hybridized carbons (Fsp3) is 0.286. The molecule has 6 heteroatoms. The molecule has 2 rings (SSSR count). The predicted octanol–water partition coefficient (Wildman–Crippen LogP) is 3.19. The molecule has 20 heavy (non-hydrogen) atoms. The number of hydrogen-bond acceptors (Lipinski definition) is 5. The Balaban J connectivity index is 2.38. The topological polar surface area (TPSA) is 70.8 Å².